The predicted octanol–water partition coefficient (Wildman–Crippen LogP) is 5.96. The molecule has 0 radical (unpaired) electrons. The number of halogens is 1. The number of ether oxygens (including phenoxy) is 3. The smallest absolute Gasteiger partial charge is 0.361 e. The fourth-order valence-corrected chi connectivity index (χ4v) is 8.87. The zero-order chi connectivity index (χ0) is 31.4. The van der Waals surface area contributed by atoms with Gasteiger partial charge in [0.05, 0.1) is 52.2 Å². The van der Waals surface area contributed by atoms with E-state index in [1.807, 2.05) is 31.2 Å². The Labute approximate surface area is 273 Å². The number of fused-ring (bicyclic) bond motifs is 1. The summed E-state index contributed by atoms with van der Waals surface area (Å²) in [5.74, 6) is 0.655. The second-order valence-electron chi connectivity index (χ2n) is 10.2. The van der Waals surface area contributed by atoms with Crippen molar-refractivity contribution in [2.45, 2.75) is 52.4 Å². The molecule has 0 amide bonds. The number of thiophene rings is 1. The minimum atomic E-state index is -3.55. The number of nitrogens with zero attached hydrogens (tertiary/aromatic N) is 2. The maximum atomic E-state index is 14.3. The molecular formula is C31H36IN2O8PS. The van der Waals surface area contributed by atoms with Gasteiger partial charge in [-0.3, -0.25) is 13.9 Å². The highest BCUT2D eigenvalue weighted by Gasteiger charge is 2.29. The summed E-state index contributed by atoms with van der Waals surface area (Å²) in [5.41, 5.74) is 1.06. The molecule has 4 aromatic rings. The summed E-state index contributed by atoms with van der Waals surface area (Å²) in [7, 11) is -1.94. The van der Waals surface area contributed by atoms with Gasteiger partial charge in [-0.05, 0) is 92.1 Å². The van der Waals surface area contributed by atoms with Crippen LogP contribution in [0.4, 0.5) is 0 Å². The van der Waals surface area contributed by atoms with Crippen molar-refractivity contribution in [2.24, 2.45) is 0 Å². The summed E-state index contributed by atoms with van der Waals surface area (Å²) in [6.07, 6.45) is 0.891. The summed E-state index contributed by atoms with van der Waals surface area (Å²) >= 11 is 3.62. The molecule has 3 heterocycles. The van der Waals surface area contributed by atoms with Gasteiger partial charge in [0.2, 0.25) is 0 Å². The molecular weight excluding hydrogens is 718 g/mol. The predicted molar refractivity (Wildman–Crippen MR) is 180 cm³/mol. The largest absolute Gasteiger partial charge is 0.496 e. The summed E-state index contributed by atoms with van der Waals surface area (Å²) in [4.78, 5) is 28.9. The lowest BCUT2D eigenvalue weighted by Gasteiger charge is -2.29. The topological polar surface area (TPSA) is 107 Å². The number of rotatable bonds is 12. The Balaban J connectivity index is 1.66. The van der Waals surface area contributed by atoms with Gasteiger partial charge in [0.15, 0.2) is 0 Å². The summed E-state index contributed by atoms with van der Waals surface area (Å²) in [5, 5.41) is 0.823. The van der Waals surface area contributed by atoms with Gasteiger partial charge in [-0.15, -0.1) is 11.3 Å². The van der Waals surface area contributed by atoms with Crippen LogP contribution in [0.15, 0.2) is 58.1 Å². The van der Waals surface area contributed by atoms with E-state index in [2.05, 4.69) is 22.6 Å². The van der Waals surface area contributed by atoms with Crippen LogP contribution in [0.1, 0.15) is 43.9 Å². The summed E-state index contributed by atoms with van der Waals surface area (Å²) in [6, 6.07) is 14.0. The third-order valence-electron chi connectivity index (χ3n) is 7.54. The highest BCUT2D eigenvalue weighted by Crippen LogP contribution is 2.46. The molecule has 0 unspecified atom stereocenters. The second-order valence-corrected chi connectivity index (χ2v) is 15.1. The van der Waals surface area contributed by atoms with Crippen molar-refractivity contribution < 1.29 is 27.8 Å². The number of benzene rings is 2. The average Bonchev–Trinajstić information content (AvgIpc) is 3.33. The SMILES string of the molecule is CCOP(=O)(OCC)c1ccc(-n2c(=O)c3c(C)c(I)sc3n(C[C@H](OC3CCOCC3)c3ccccc3OC)c2=O)cc1. The summed E-state index contributed by atoms with van der Waals surface area (Å²) in [6.45, 7) is 7.16. The fourth-order valence-electron chi connectivity index (χ4n) is 5.38. The van der Waals surface area contributed by atoms with E-state index in [0.29, 0.717) is 40.2 Å². The Morgan fingerprint density at radius 1 is 1.05 bits per heavy atom. The van der Waals surface area contributed by atoms with E-state index >= 15 is 0 Å². The maximum Gasteiger partial charge on any atom is 0.361 e. The Bertz CT molecular complexity index is 1770. The van der Waals surface area contributed by atoms with Crippen LogP contribution in [-0.4, -0.2) is 48.8 Å². The molecule has 10 nitrogen and oxygen atoms in total. The van der Waals surface area contributed by atoms with Gasteiger partial charge < -0.3 is 23.3 Å². The summed E-state index contributed by atoms with van der Waals surface area (Å²) < 4.78 is 45.9. The van der Waals surface area contributed by atoms with Gasteiger partial charge in [-0.1, -0.05) is 18.2 Å². The first-order valence-electron chi connectivity index (χ1n) is 14.5. The van der Waals surface area contributed by atoms with Crippen LogP contribution in [0.3, 0.4) is 0 Å². The van der Waals surface area contributed by atoms with Crippen molar-refractivity contribution in [3.8, 4) is 11.4 Å². The second kappa shape index (κ2) is 14.4. The molecule has 1 fully saturated rings. The molecule has 0 spiro atoms. The monoisotopic (exact) mass is 754 g/mol. The van der Waals surface area contributed by atoms with E-state index in [4.69, 9.17) is 23.3 Å². The Hall–Kier alpha value is -2.32. The van der Waals surface area contributed by atoms with Gasteiger partial charge in [-0.2, -0.15) is 0 Å². The van der Waals surface area contributed by atoms with Crippen LogP contribution >= 0.6 is 41.5 Å². The first-order valence-corrected chi connectivity index (χ1v) is 18.0. The normalized spacial score (nSPS) is 15.1. The lowest BCUT2D eigenvalue weighted by atomic mass is 10.1. The zero-order valence-corrected chi connectivity index (χ0v) is 29.0. The van der Waals surface area contributed by atoms with E-state index < -0.39 is 24.9 Å². The van der Waals surface area contributed by atoms with Gasteiger partial charge >= 0.3 is 13.3 Å². The van der Waals surface area contributed by atoms with Crippen molar-refractivity contribution in [1.82, 2.24) is 9.13 Å². The van der Waals surface area contributed by atoms with Crippen molar-refractivity contribution >= 4 is 57.0 Å². The quantitative estimate of drug-likeness (QED) is 0.129. The molecule has 2 aromatic carbocycles. The van der Waals surface area contributed by atoms with Crippen molar-refractivity contribution in [3.63, 3.8) is 0 Å². The minimum Gasteiger partial charge on any atom is -0.496 e. The van der Waals surface area contributed by atoms with Crippen LogP contribution < -0.4 is 21.3 Å². The molecule has 0 bridgehead atoms. The van der Waals surface area contributed by atoms with Gasteiger partial charge in [0.1, 0.15) is 16.7 Å². The molecule has 0 saturated carbocycles. The van der Waals surface area contributed by atoms with Crippen LogP contribution in [-0.2, 0) is 29.6 Å². The van der Waals surface area contributed by atoms with Crippen molar-refractivity contribution in [1.29, 1.82) is 0 Å². The van der Waals surface area contributed by atoms with Crippen molar-refractivity contribution in [3.05, 3.63) is 83.4 Å². The van der Waals surface area contributed by atoms with E-state index in [1.165, 1.54) is 15.9 Å². The number of aryl methyl sites for hydroxylation is 1. The molecule has 1 saturated heterocycles. The van der Waals surface area contributed by atoms with Crippen LogP contribution in [0.2, 0.25) is 0 Å². The standard InChI is InChI=1S/C31H36IN2O8PS/c1-5-40-43(37,41-6-2)23-13-11-21(12-14-23)34-29(35)27-20(3)28(32)44-30(27)33(31(34)36)19-26(42-22-15-17-39-18-16-22)24-9-7-8-10-25(24)38-4/h7-14,22,26H,5-6,15-19H2,1-4H3/t26-/m0/s1. The first-order chi connectivity index (χ1) is 21.2. The number of hydrogen-bond acceptors (Lipinski definition) is 9. The van der Waals surface area contributed by atoms with Gasteiger partial charge in [0, 0.05) is 18.8 Å². The van der Waals surface area contributed by atoms with Crippen LogP contribution in [0.25, 0.3) is 15.9 Å². The zero-order valence-electron chi connectivity index (χ0n) is 25.1. The number of methoxy groups -OCH3 is 1. The van der Waals surface area contributed by atoms with E-state index in [1.54, 1.807) is 49.8 Å². The van der Waals surface area contributed by atoms with E-state index in [9.17, 15) is 14.2 Å². The molecule has 236 valence electrons. The molecule has 1 atom stereocenters. The van der Waals surface area contributed by atoms with Gasteiger partial charge in [0.25, 0.3) is 5.56 Å². The highest BCUT2D eigenvalue weighted by molar-refractivity contribution is 14.1. The molecule has 44 heavy (non-hydrogen) atoms. The maximum absolute atomic E-state index is 14.3. The lowest BCUT2D eigenvalue weighted by Crippen LogP contribution is -2.40. The fraction of sp³-hybridized carbons (Fsp3) is 0.419. The van der Waals surface area contributed by atoms with E-state index in [0.717, 1.165) is 26.9 Å². The first kappa shape index (κ1) is 33.1. The highest BCUT2D eigenvalue weighted by atomic mass is 127. The molecule has 2 aromatic heterocycles. The van der Waals surface area contributed by atoms with E-state index in [-0.39, 0.29) is 25.9 Å². The number of hydrogen-bond donors (Lipinski definition) is 0. The molecule has 1 aliphatic heterocycles. The molecule has 5 rings (SSSR count). The van der Waals surface area contributed by atoms with Gasteiger partial charge in [-0.25, -0.2) is 9.36 Å². The van der Waals surface area contributed by atoms with Crippen LogP contribution in [0.5, 0.6) is 5.75 Å². The number of para-hydroxylation sites is 1. The molecule has 0 N–H and O–H groups in total. The number of aromatic nitrogens is 2. The third-order valence-corrected chi connectivity index (χ3v) is 12.2. The molecule has 0 aliphatic carbocycles. The average molecular weight is 755 g/mol. The Morgan fingerprint density at radius 3 is 2.34 bits per heavy atom. The minimum absolute atomic E-state index is 0.0557. The van der Waals surface area contributed by atoms with Crippen molar-refractivity contribution in [2.75, 3.05) is 33.5 Å². The molecule has 13 heteroatoms. The Kier molecular flexibility index (Phi) is 10.8. The Morgan fingerprint density at radius 2 is 1.70 bits per heavy atom. The molecule has 1 aliphatic rings. The van der Waals surface area contributed by atoms with Crippen LogP contribution in [0, 0.1) is 9.81 Å². The third kappa shape index (κ3) is 6.62. The lowest BCUT2D eigenvalue weighted by molar-refractivity contribution is -0.0752.